The van der Waals surface area contributed by atoms with Crippen molar-refractivity contribution < 1.29 is 14.1 Å². The van der Waals surface area contributed by atoms with Gasteiger partial charge in [-0.1, -0.05) is 0 Å². The SMILES string of the molecule is O=[N+]([O-])c1ccc(F)cc1COC1CCCNC1. The molecule has 1 fully saturated rings. The average molecular weight is 254 g/mol. The molecule has 1 N–H and O–H groups in total. The Balaban J connectivity index is 2.03. The van der Waals surface area contributed by atoms with Gasteiger partial charge in [-0.25, -0.2) is 4.39 Å². The molecule has 1 aliphatic heterocycles. The van der Waals surface area contributed by atoms with Crippen molar-refractivity contribution in [3.05, 3.63) is 39.7 Å². The molecule has 0 saturated carbocycles. The van der Waals surface area contributed by atoms with E-state index < -0.39 is 10.7 Å². The van der Waals surface area contributed by atoms with E-state index in [0.717, 1.165) is 38.1 Å². The van der Waals surface area contributed by atoms with E-state index in [0.29, 0.717) is 0 Å². The highest BCUT2D eigenvalue weighted by atomic mass is 19.1. The number of ether oxygens (including phenoxy) is 1. The monoisotopic (exact) mass is 254 g/mol. The van der Waals surface area contributed by atoms with E-state index in [1.165, 1.54) is 6.07 Å². The Kier molecular flexibility index (Phi) is 4.22. The van der Waals surface area contributed by atoms with Crippen molar-refractivity contribution in [2.45, 2.75) is 25.6 Å². The van der Waals surface area contributed by atoms with Crippen molar-refractivity contribution in [2.24, 2.45) is 0 Å². The predicted octanol–water partition coefficient (Wildman–Crippen LogP) is 2.00. The maximum Gasteiger partial charge on any atom is 0.275 e. The van der Waals surface area contributed by atoms with Crippen molar-refractivity contribution in [1.82, 2.24) is 5.32 Å². The molecule has 0 aromatic heterocycles. The summed E-state index contributed by atoms with van der Waals surface area (Å²) in [4.78, 5) is 10.3. The lowest BCUT2D eigenvalue weighted by molar-refractivity contribution is -0.386. The van der Waals surface area contributed by atoms with Crippen molar-refractivity contribution >= 4 is 5.69 Å². The van der Waals surface area contributed by atoms with Crippen LogP contribution in [0.4, 0.5) is 10.1 Å². The van der Waals surface area contributed by atoms with Crippen LogP contribution in [0, 0.1) is 15.9 Å². The number of rotatable bonds is 4. The Bertz CT molecular complexity index is 433. The van der Waals surface area contributed by atoms with Crippen LogP contribution >= 0.6 is 0 Å². The van der Waals surface area contributed by atoms with E-state index in [1.54, 1.807) is 0 Å². The zero-order chi connectivity index (χ0) is 13.0. The summed E-state index contributed by atoms with van der Waals surface area (Å²) >= 11 is 0. The van der Waals surface area contributed by atoms with Crippen LogP contribution in [-0.2, 0) is 11.3 Å². The van der Waals surface area contributed by atoms with Gasteiger partial charge >= 0.3 is 0 Å². The van der Waals surface area contributed by atoms with Crippen molar-refractivity contribution in [2.75, 3.05) is 13.1 Å². The van der Waals surface area contributed by atoms with Crippen LogP contribution in [0.25, 0.3) is 0 Å². The molecule has 1 heterocycles. The van der Waals surface area contributed by atoms with Crippen LogP contribution in [0.5, 0.6) is 0 Å². The van der Waals surface area contributed by atoms with Crippen LogP contribution in [0.15, 0.2) is 18.2 Å². The summed E-state index contributed by atoms with van der Waals surface area (Å²) < 4.78 is 18.7. The van der Waals surface area contributed by atoms with Crippen LogP contribution in [-0.4, -0.2) is 24.1 Å². The third-order valence-corrected chi connectivity index (χ3v) is 2.96. The van der Waals surface area contributed by atoms with Gasteiger partial charge in [-0.2, -0.15) is 0 Å². The van der Waals surface area contributed by atoms with Gasteiger partial charge in [0.2, 0.25) is 0 Å². The summed E-state index contributed by atoms with van der Waals surface area (Å²) in [6, 6.07) is 3.42. The highest BCUT2D eigenvalue weighted by Crippen LogP contribution is 2.21. The summed E-state index contributed by atoms with van der Waals surface area (Å²) in [7, 11) is 0. The van der Waals surface area contributed by atoms with Gasteiger partial charge < -0.3 is 10.1 Å². The van der Waals surface area contributed by atoms with Crippen molar-refractivity contribution in [3.63, 3.8) is 0 Å². The molecule has 2 rings (SSSR count). The van der Waals surface area contributed by atoms with E-state index in [2.05, 4.69) is 5.32 Å². The lowest BCUT2D eigenvalue weighted by Gasteiger charge is -2.23. The molecule has 0 amide bonds. The summed E-state index contributed by atoms with van der Waals surface area (Å²) in [6.07, 6.45) is 1.99. The minimum absolute atomic E-state index is 0.0432. The summed E-state index contributed by atoms with van der Waals surface area (Å²) in [6.45, 7) is 1.78. The normalized spacial score (nSPS) is 19.7. The Labute approximate surface area is 104 Å². The number of hydrogen-bond donors (Lipinski definition) is 1. The number of hydrogen-bond acceptors (Lipinski definition) is 4. The third kappa shape index (κ3) is 3.24. The molecule has 6 heteroatoms. The van der Waals surface area contributed by atoms with E-state index >= 15 is 0 Å². The first-order valence-electron chi connectivity index (χ1n) is 5.92. The molecule has 1 atom stereocenters. The van der Waals surface area contributed by atoms with Crippen LogP contribution in [0.2, 0.25) is 0 Å². The molecule has 1 aliphatic rings. The highest BCUT2D eigenvalue weighted by molar-refractivity contribution is 5.39. The van der Waals surface area contributed by atoms with Crippen LogP contribution < -0.4 is 5.32 Å². The minimum atomic E-state index is -0.517. The minimum Gasteiger partial charge on any atom is -0.372 e. The van der Waals surface area contributed by atoms with E-state index in [9.17, 15) is 14.5 Å². The largest absolute Gasteiger partial charge is 0.372 e. The first-order chi connectivity index (χ1) is 8.66. The number of nitrogens with one attached hydrogen (secondary N) is 1. The Morgan fingerprint density at radius 3 is 3.06 bits per heavy atom. The number of halogens is 1. The van der Waals surface area contributed by atoms with E-state index in [-0.39, 0.29) is 24.0 Å². The Morgan fingerprint density at radius 2 is 2.39 bits per heavy atom. The summed E-state index contributed by atoms with van der Waals surface area (Å²) in [5.41, 5.74) is 0.186. The lowest BCUT2D eigenvalue weighted by atomic mass is 10.1. The maximum absolute atomic E-state index is 13.1. The summed E-state index contributed by atoms with van der Waals surface area (Å²) in [5, 5.41) is 14.0. The number of nitro groups is 1. The Morgan fingerprint density at radius 1 is 1.56 bits per heavy atom. The van der Waals surface area contributed by atoms with Crippen LogP contribution in [0.1, 0.15) is 18.4 Å². The molecule has 1 saturated heterocycles. The first-order valence-corrected chi connectivity index (χ1v) is 5.92. The molecular weight excluding hydrogens is 239 g/mol. The van der Waals surface area contributed by atoms with Gasteiger partial charge in [0.25, 0.3) is 5.69 Å². The smallest absolute Gasteiger partial charge is 0.275 e. The second-order valence-corrected chi connectivity index (χ2v) is 4.31. The molecular formula is C12H15FN2O3. The van der Waals surface area contributed by atoms with Crippen molar-refractivity contribution in [1.29, 1.82) is 0 Å². The molecule has 0 spiro atoms. The zero-order valence-corrected chi connectivity index (χ0v) is 9.89. The highest BCUT2D eigenvalue weighted by Gasteiger charge is 2.18. The lowest BCUT2D eigenvalue weighted by Crippen LogP contribution is -2.35. The topological polar surface area (TPSA) is 64.4 Å². The number of nitrogens with zero attached hydrogens (tertiary/aromatic N) is 1. The second kappa shape index (κ2) is 5.88. The van der Waals surface area contributed by atoms with Gasteiger partial charge in [-0.3, -0.25) is 10.1 Å². The summed E-state index contributed by atoms with van der Waals surface area (Å²) in [5.74, 6) is -0.485. The molecule has 1 aromatic rings. The molecule has 0 radical (unpaired) electrons. The molecule has 5 nitrogen and oxygen atoms in total. The third-order valence-electron chi connectivity index (χ3n) is 2.96. The fourth-order valence-electron chi connectivity index (χ4n) is 2.02. The average Bonchev–Trinajstić information content (AvgIpc) is 2.37. The first kappa shape index (κ1) is 12.9. The van der Waals surface area contributed by atoms with Gasteiger partial charge in [0.15, 0.2) is 0 Å². The van der Waals surface area contributed by atoms with E-state index in [1.807, 2.05) is 0 Å². The molecule has 0 bridgehead atoms. The second-order valence-electron chi connectivity index (χ2n) is 4.31. The molecule has 0 aliphatic carbocycles. The fourth-order valence-corrected chi connectivity index (χ4v) is 2.02. The number of nitro benzene ring substituents is 1. The maximum atomic E-state index is 13.1. The van der Waals surface area contributed by atoms with Crippen LogP contribution in [0.3, 0.4) is 0 Å². The van der Waals surface area contributed by atoms with Gasteiger partial charge in [0.1, 0.15) is 5.82 Å². The van der Waals surface area contributed by atoms with Gasteiger partial charge in [0, 0.05) is 12.6 Å². The Hall–Kier alpha value is -1.53. The predicted molar refractivity (Wildman–Crippen MR) is 63.7 cm³/mol. The molecule has 18 heavy (non-hydrogen) atoms. The zero-order valence-electron chi connectivity index (χ0n) is 9.89. The number of piperidine rings is 1. The van der Waals surface area contributed by atoms with Gasteiger partial charge in [-0.05, 0) is 31.5 Å². The molecule has 1 aromatic carbocycles. The van der Waals surface area contributed by atoms with Gasteiger partial charge in [0.05, 0.1) is 23.2 Å². The molecule has 98 valence electrons. The number of benzene rings is 1. The fraction of sp³-hybridized carbons (Fsp3) is 0.500. The molecule has 1 unspecified atom stereocenters. The quantitative estimate of drug-likeness (QED) is 0.659. The standard InChI is InChI=1S/C12H15FN2O3/c13-10-3-4-12(15(16)17)9(6-10)8-18-11-2-1-5-14-7-11/h3-4,6,11,14H,1-2,5,7-8H2. The van der Waals surface area contributed by atoms with Gasteiger partial charge in [-0.15, -0.1) is 0 Å². The van der Waals surface area contributed by atoms with Crippen molar-refractivity contribution in [3.8, 4) is 0 Å². The van der Waals surface area contributed by atoms with E-state index in [4.69, 9.17) is 4.74 Å².